The van der Waals surface area contributed by atoms with Gasteiger partial charge in [-0.25, -0.2) is 4.79 Å². The summed E-state index contributed by atoms with van der Waals surface area (Å²) in [5.41, 5.74) is 10.4. The summed E-state index contributed by atoms with van der Waals surface area (Å²) in [5, 5.41) is 9.02. The molecule has 0 heterocycles. The Morgan fingerprint density at radius 1 is 1.24 bits per heavy atom. The summed E-state index contributed by atoms with van der Waals surface area (Å²) in [6.07, 6.45) is 1.37. The third-order valence-electron chi connectivity index (χ3n) is 2.31. The van der Waals surface area contributed by atoms with Crippen molar-refractivity contribution in [3.8, 4) is 0 Å². The Bertz CT molecular complexity index is 293. The molecule has 0 aliphatic carbocycles. The van der Waals surface area contributed by atoms with Gasteiger partial charge >= 0.3 is 5.97 Å². The summed E-state index contributed by atoms with van der Waals surface area (Å²) in [6, 6.07) is -1.16. The van der Waals surface area contributed by atoms with Crippen LogP contribution in [0.5, 0.6) is 0 Å². The van der Waals surface area contributed by atoms with Gasteiger partial charge < -0.3 is 16.6 Å². The van der Waals surface area contributed by atoms with Crippen molar-refractivity contribution in [1.82, 2.24) is 4.90 Å². The minimum absolute atomic E-state index is 0.192. The molecule has 0 aromatic carbocycles. The number of amides is 2. The summed E-state index contributed by atoms with van der Waals surface area (Å²) in [5.74, 6) is -2.50. The number of carboxylic acids is 1. The van der Waals surface area contributed by atoms with Crippen LogP contribution >= 0.6 is 0 Å². The average molecular weight is 245 g/mol. The van der Waals surface area contributed by atoms with Gasteiger partial charge in [-0.1, -0.05) is 0 Å². The zero-order valence-electron chi connectivity index (χ0n) is 9.89. The number of carboxylic acid groups (broad SMARTS) is 1. The number of carbonyl (C=O) groups is 3. The van der Waals surface area contributed by atoms with Gasteiger partial charge in [0.2, 0.25) is 11.8 Å². The van der Waals surface area contributed by atoms with E-state index in [4.69, 9.17) is 16.6 Å². The first-order valence-corrected chi connectivity index (χ1v) is 5.41. The lowest BCUT2D eigenvalue weighted by Crippen LogP contribution is -2.50. The highest BCUT2D eigenvalue weighted by atomic mass is 16.4. The zero-order chi connectivity index (χ0) is 13.4. The molecule has 0 aromatic rings. The summed E-state index contributed by atoms with van der Waals surface area (Å²) < 4.78 is 0. The van der Waals surface area contributed by atoms with Gasteiger partial charge in [0.25, 0.3) is 0 Å². The van der Waals surface area contributed by atoms with Crippen LogP contribution in [0.15, 0.2) is 0 Å². The summed E-state index contributed by atoms with van der Waals surface area (Å²) in [7, 11) is 0. The molecule has 5 N–H and O–H groups in total. The van der Waals surface area contributed by atoms with E-state index < -0.39 is 23.8 Å². The second-order valence-corrected chi connectivity index (χ2v) is 3.63. The first-order valence-electron chi connectivity index (χ1n) is 5.41. The Labute approximate surface area is 99.7 Å². The predicted molar refractivity (Wildman–Crippen MR) is 60.9 cm³/mol. The SMILES string of the molecule is CC(=O)N(C(=O)CN)[C@@H](CCCCN)C(=O)O. The van der Waals surface area contributed by atoms with Crippen LogP contribution in [0.3, 0.4) is 0 Å². The fourth-order valence-electron chi connectivity index (χ4n) is 1.51. The van der Waals surface area contributed by atoms with E-state index in [-0.39, 0.29) is 13.0 Å². The monoisotopic (exact) mass is 245 g/mol. The molecule has 17 heavy (non-hydrogen) atoms. The van der Waals surface area contributed by atoms with E-state index in [1.165, 1.54) is 0 Å². The first-order chi connectivity index (χ1) is 7.95. The Balaban J connectivity index is 4.78. The van der Waals surface area contributed by atoms with E-state index in [1.807, 2.05) is 0 Å². The van der Waals surface area contributed by atoms with Gasteiger partial charge in [0.1, 0.15) is 6.04 Å². The molecule has 0 fully saturated rings. The van der Waals surface area contributed by atoms with E-state index in [0.717, 1.165) is 6.92 Å². The number of unbranched alkanes of at least 4 members (excludes halogenated alkanes) is 1. The van der Waals surface area contributed by atoms with E-state index >= 15 is 0 Å². The number of hydrogen-bond acceptors (Lipinski definition) is 5. The predicted octanol–water partition coefficient (Wildman–Crippen LogP) is -1.10. The van der Waals surface area contributed by atoms with Crippen molar-refractivity contribution in [3.63, 3.8) is 0 Å². The highest BCUT2D eigenvalue weighted by Gasteiger charge is 2.31. The van der Waals surface area contributed by atoms with Crippen LogP contribution in [-0.2, 0) is 14.4 Å². The van der Waals surface area contributed by atoms with Crippen LogP contribution < -0.4 is 11.5 Å². The lowest BCUT2D eigenvalue weighted by atomic mass is 10.1. The molecule has 2 amide bonds. The molecule has 0 radical (unpaired) electrons. The van der Waals surface area contributed by atoms with Gasteiger partial charge in [-0.15, -0.1) is 0 Å². The lowest BCUT2D eigenvalue weighted by molar-refractivity contribution is -0.157. The van der Waals surface area contributed by atoms with Crippen LogP contribution in [0, 0.1) is 0 Å². The molecule has 0 aliphatic rings. The summed E-state index contributed by atoms with van der Waals surface area (Å²) >= 11 is 0. The van der Waals surface area contributed by atoms with E-state index in [9.17, 15) is 14.4 Å². The molecule has 0 saturated heterocycles. The molecule has 0 aromatic heterocycles. The Kier molecular flexibility index (Phi) is 7.08. The molecule has 0 aliphatic heterocycles. The Morgan fingerprint density at radius 2 is 1.82 bits per heavy atom. The largest absolute Gasteiger partial charge is 0.480 e. The molecule has 7 heteroatoms. The smallest absolute Gasteiger partial charge is 0.326 e. The van der Waals surface area contributed by atoms with Crippen LogP contribution in [-0.4, -0.2) is 46.9 Å². The molecule has 0 unspecified atom stereocenters. The maximum absolute atomic E-state index is 11.4. The number of imide groups is 1. The fourth-order valence-corrected chi connectivity index (χ4v) is 1.51. The van der Waals surface area contributed by atoms with Crippen LogP contribution in [0.4, 0.5) is 0 Å². The zero-order valence-corrected chi connectivity index (χ0v) is 9.89. The van der Waals surface area contributed by atoms with E-state index in [2.05, 4.69) is 0 Å². The van der Waals surface area contributed by atoms with E-state index in [1.54, 1.807) is 0 Å². The van der Waals surface area contributed by atoms with Gasteiger partial charge in [0.05, 0.1) is 6.54 Å². The van der Waals surface area contributed by atoms with Crippen LogP contribution in [0.2, 0.25) is 0 Å². The van der Waals surface area contributed by atoms with Gasteiger partial charge in [-0.3, -0.25) is 14.5 Å². The minimum atomic E-state index is -1.21. The van der Waals surface area contributed by atoms with Crippen molar-refractivity contribution in [2.45, 2.75) is 32.2 Å². The van der Waals surface area contributed by atoms with Gasteiger partial charge in [-0.05, 0) is 25.8 Å². The molecular weight excluding hydrogens is 226 g/mol. The molecule has 0 bridgehead atoms. The number of hydrogen-bond donors (Lipinski definition) is 3. The number of rotatable bonds is 7. The summed E-state index contributed by atoms with van der Waals surface area (Å²) in [4.78, 5) is 34.5. The quantitative estimate of drug-likeness (QED) is 0.489. The lowest BCUT2D eigenvalue weighted by Gasteiger charge is -2.25. The second-order valence-electron chi connectivity index (χ2n) is 3.63. The van der Waals surface area contributed by atoms with Crippen molar-refractivity contribution < 1.29 is 19.5 Å². The molecular formula is C10H19N3O4. The molecule has 7 nitrogen and oxygen atoms in total. The summed E-state index contributed by atoms with van der Waals surface area (Å²) in [6.45, 7) is 1.20. The van der Waals surface area contributed by atoms with Gasteiger partial charge in [0, 0.05) is 6.92 Å². The van der Waals surface area contributed by atoms with Crippen molar-refractivity contribution >= 4 is 17.8 Å². The number of carbonyl (C=O) groups excluding carboxylic acids is 2. The fraction of sp³-hybridized carbons (Fsp3) is 0.700. The third-order valence-corrected chi connectivity index (χ3v) is 2.31. The third kappa shape index (κ3) is 4.92. The van der Waals surface area contributed by atoms with Crippen LogP contribution in [0.1, 0.15) is 26.2 Å². The van der Waals surface area contributed by atoms with E-state index in [0.29, 0.717) is 24.3 Å². The average Bonchev–Trinajstić information content (AvgIpc) is 2.26. The first kappa shape index (κ1) is 15.5. The normalized spacial score (nSPS) is 11.9. The number of aliphatic carboxylic acids is 1. The van der Waals surface area contributed by atoms with Crippen LogP contribution in [0.25, 0.3) is 0 Å². The van der Waals surface area contributed by atoms with Crippen molar-refractivity contribution in [2.24, 2.45) is 11.5 Å². The van der Waals surface area contributed by atoms with Crippen molar-refractivity contribution in [1.29, 1.82) is 0 Å². The number of nitrogens with zero attached hydrogens (tertiary/aromatic N) is 1. The molecule has 98 valence electrons. The standard InChI is InChI=1S/C10H19N3O4/c1-7(14)13(9(15)6-12)8(10(16)17)4-2-3-5-11/h8H,2-6,11-12H2,1H3,(H,16,17)/t8-/m0/s1. The highest BCUT2D eigenvalue weighted by Crippen LogP contribution is 2.10. The molecule has 1 atom stereocenters. The number of nitrogens with two attached hydrogens (primary N) is 2. The van der Waals surface area contributed by atoms with Crippen molar-refractivity contribution in [3.05, 3.63) is 0 Å². The topological polar surface area (TPSA) is 127 Å². The second kappa shape index (κ2) is 7.75. The Morgan fingerprint density at radius 3 is 2.18 bits per heavy atom. The molecule has 0 rings (SSSR count). The molecule has 0 saturated carbocycles. The van der Waals surface area contributed by atoms with Gasteiger partial charge in [-0.2, -0.15) is 0 Å². The molecule has 0 spiro atoms. The highest BCUT2D eigenvalue weighted by molar-refractivity contribution is 5.99. The van der Waals surface area contributed by atoms with Gasteiger partial charge in [0.15, 0.2) is 0 Å². The van der Waals surface area contributed by atoms with Crippen molar-refractivity contribution in [2.75, 3.05) is 13.1 Å². The maximum Gasteiger partial charge on any atom is 0.326 e. The minimum Gasteiger partial charge on any atom is -0.480 e. The Hall–Kier alpha value is -1.47. The maximum atomic E-state index is 11.4.